The molecule has 1 saturated heterocycles. The van der Waals surface area contributed by atoms with E-state index in [0.29, 0.717) is 0 Å². The Kier molecular flexibility index (Phi) is 3.92. The summed E-state index contributed by atoms with van der Waals surface area (Å²) >= 11 is 0. The van der Waals surface area contributed by atoms with Crippen molar-refractivity contribution in [2.24, 2.45) is 5.92 Å². The molecule has 1 aliphatic rings. The normalized spacial score (nSPS) is 26.6. The average Bonchev–Trinajstić information content (AvgIpc) is 1.87. The molecule has 43 valence electrons. The Morgan fingerprint density at radius 2 is 2.38 bits per heavy atom. The summed E-state index contributed by atoms with van der Waals surface area (Å²) < 4.78 is 0. The maximum atomic E-state index is 4.12. The summed E-state index contributed by atoms with van der Waals surface area (Å²) in [4.78, 5) is 0. The minimum absolute atomic E-state index is 0. The van der Waals surface area contributed by atoms with Crippen LogP contribution in [0.15, 0.2) is 12.3 Å². The molecule has 0 aromatic rings. The SMILES string of the molecule is C=C1C[C@@H](C)C[N-]1.[Y]. The van der Waals surface area contributed by atoms with E-state index in [4.69, 9.17) is 0 Å². The Hall–Kier alpha value is 0.644. The Morgan fingerprint density at radius 1 is 1.75 bits per heavy atom. The van der Waals surface area contributed by atoms with E-state index in [-0.39, 0.29) is 32.7 Å². The van der Waals surface area contributed by atoms with Gasteiger partial charge < -0.3 is 5.32 Å². The topological polar surface area (TPSA) is 14.1 Å². The van der Waals surface area contributed by atoms with Crippen LogP contribution in [-0.2, 0) is 32.7 Å². The van der Waals surface area contributed by atoms with E-state index in [0.717, 1.165) is 24.6 Å². The molecule has 0 aromatic carbocycles. The maximum absolute atomic E-state index is 4.12. The van der Waals surface area contributed by atoms with E-state index < -0.39 is 0 Å². The van der Waals surface area contributed by atoms with Crippen molar-refractivity contribution in [3.05, 3.63) is 17.6 Å². The van der Waals surface area contributed by atoms with Crippen LogP contribution in [0.4, 0.5) is 0 Å². The van der Waals surface area contributed by atoms with Gasteiger partial charge in [-0.2, -0.15) is 5.70 Å². The number of allylic oxidation sites excluding steroid dienone is 1. The van der Waals surface area contributed by atoms with Gasteiger partial charge in [-0.3, -0.25) is 0 Å². The van der Waals surface area contributed by atoms with Crippen LogP contribution in [-0.4, -0.2) is 6.54 Å². The molecule has 1 heterocycles. The van der Waals surface area contributed by atoms with Gasteiger partial charge in [0.05, 0.1) is 0 Å². The fourth-order valence-corrected chi connectivity index (χ4v) is 0.816. The van der Waals surface area contributed by atoms with E-state index >= 15 is 0 Å². The molecule has 0 amide bonds. The molecule has 1 atom stereocenters. The van der Waals surface area contributed by atoms with Gasteiger partial charge in [-0.05, 0) is 6.42 Å². The fraction of sp³-hybridized carbons (Fsp3) is 0.667. The zero-order chi connectivity index (χ0) is 5.28. The molecule has 1 fully saturated rings. The Labute approximate surface area is 75.8 Å². The monoisotopic (exact) mass is 185 g/mol. The van der Waals surface area contributed by atoms with Gasteiger partial charge >= 0.3 is 0 Å². The Balaban J connectivity index is 0.000000490. The van der Waals surface area contributed by atoms with Crippen molar-refractivity contribution >= 4 is 0 Å². The van der Waals surface area contributed by atoms with Gasteiger partial charge in [0, 0.05) is 32.7 Å². The van der Waals surface area contributed by atoms with E-state index in [1.54, 1.807) is 0 Å². The number of nitrogens with zero attached hydrogens (tertiary/aromatic N) is 1. The molecule has 1 rings (SSSR count). The van der Waals surface area contributed by atoms with Crippen LogP contribution in [0.2, 0.25) is 0 Å². The van der Waals surface area contributed by atoms with Crippen LogP contribution in [0.5, 0.6) is 0 Å². The van der Waals surface area contributed by atoms with Gasteiger partial charge in [0.1, 0.15) is 0 Å². The van der Waals surface area contributed by atoms with Crippen LogP contribution in [0.25, 0.3) is 5.32 Å². The summed E-state index contributed by atoms with van der Waals surface area (Å²) in [5.74, 6) is 0.757. The first-order chi connectivity index (χ1) is 3.29. The summed E-state index contributed by atoms with van der Waals surface area (Å²) in [6, 6.07) is 0. The summed E-state index contributed by atoms with van der Waals surface area (Å²) in [5, 5.41) is 4.12. The van der Waals surface area contributed by atoms with E-state index in [2.05, 4.69) is 18.8 Å². The second kappa shape index (κ2) is 3.63. The fourth-order valence-electron chi connectivity index (χ4n) is 0.816. The molecule has 1 aliphatic heterocycles. The van der Waals surface area contributed by atoms with Gasteiger partial charge in [0.25, 0.3) is 0 Å². The zero-order valence-electron chi connectivity index (χ0n) is 5.22. The van der Waals surface area contributed by atoms with Crippen LogP contribution in [0, 0.1) is 5.92 Å². The largest absolute Gasteiger partial charge is 0.688 e. The first-order valence-corrected chi connectivity index (χ1v) is 2.64. The first kappa shape index (κ1) is 8.64. The summed E-state index contributed by atoms with van der Waals surface area (Å²) in [5.41, 5.74) is 1.08. The van der Waals surface area contributed by atoms with Gasteiger partial charge in [0.15, 0.2) is 0 Å². The van der Waals surface area contributed by atoms with Crippen molar-refractivity contribution in [3.63, 3.8) is 0 Å². The minimum Gasteiger partial charge on any atom is -0.688 e. The zero-order valence-corrected chi connectivity index (χ0v) is 8.06. The third-order valence-corrected chi connectivity index (χ3v) is 1.21. The average molecular weight is 185 g/mol. The predicted molar refractivity (Wildman–Crippen MR) is 31.1 cm³/mol. The molecule has 0 unspecified atom stereocenters. The third-order valence-electron chi connectivity index (χ3n) is 1.21. The molecule has 1 nitrogen and oxygen atoms in total. The molecule has 1 radical (unpaired) electrons. The summed E-state index contributed by atoms with van der Waals surface area (Å²) in [6.45, 7) is 6.93. The van der Waals surface area contributed by atoms with Crippen molar-refractivity contribution in [1.82, 2.24) is 0 Å². The Morgan fingerprint density at radius 3 is 2.50 bits per heavy atom. The molecule has 0 spiro atoms. The van der Waals surface area contributed by atoms with Crippen molar-refractivity contribution < 1.29 is 32.7 Å². The van der Waals surface area contributed by atoms with E-state index in [1.807, 2.05) is 0 Å². The standard InChI is InChI=1S/C6H10N.Y/c1-5-3-6(2)7-4-5;/h5H,2-4H2,1H3;/q-1;/t5-;/m1./s1. The van der Waals surface area contributed by atoms with Crippen molar-refractivity contribution in [3.8, 4) is 0 Å². The Bertz CT molecular complexity index is 90.5. The van der Waals surface area contributed by atoms with Crippen LogP contribution in [0.1, 0.15) is 13.3 Å². The predicted octanol–water partition coefficient (Wildman–Crippen LogP) is 1.91. The number of hydrogen-bond donors (Lipinski definition) is 0. The van der Waals surface area contributed by atoms with Crippen LogP contribution < -0.4 is 0 Å². The molecule has 8 heavy (non-hydrogen) atoms. The first-order valence-electron chi connectivity index (χ1n) is 2.64. The molecule has 0 aromatic heterocycles. The van der Waals surface area contributed by atoms with Gasteiger partial charge in [-0.15, -0.1) is 13.1 Å². The van der Waals surface area contributed by atoms with Gasteiger partial charge in [-0.25, -0.2) is 0 Å². The second-order valence-electron chi connectivity index (χ2n) is 2.22. The molecular formula is C6H10NY-. The molecule has 0 bridgehead atoms. The molecule has 0 saturated carbocycles. The van der Waals surface area contributed by atoms with E-state index in [1.165, 1.54) is 0 Å². The smallest absolute Gasteiger partial charge is 0 e. The van der Waals surface area contributed by atoms with Crippen LogP contribution >= 0.6 is 0 Å². The van der Waals surface area contributed by atoms with Crippen molar-refractivity contribution in [1.29, 1.82) is 0 Å². The van der Waals surface area contributed by atoms with Gasteiger partial charge in [-0.1, -0.05) is 12.8 Å². The van der Waals surface area contributed by atoms with E-state index in [9.17, 15) is 0 Å². The maximum Gasteiger partial charge on any atom is 0 e. The van der Waals surface area contributed by atoms with Crippen LogP contribution in [0.3, 0.4) is 0 Å². The molecule has 2 heteroatoms. The molecular weight excluding hydrogens is 175 g/mol. The van der Waals surface area contributed by atoms with Crippen molar-refractivity contribution in [2.75, 3.05) is 6.54 Å². The third kappa shape index (κ3) is 2.28. The molecule has 0 N–H and O–H groups in total. The summed E-state index contributed by atoms with van der Waals surface area (Å²) in [7, 11) is 0. The number of hydrogen-bond acceptors (Lipinski definition) is 0. The number of rotatable bonds is 0. The quantitative estimate of drug-likeness (QED) is 0.547. The summed E-state index contributed by atoms with van der Waals surface area (Å²) in [6.07, 6.45) is 1.11. The molecule has 0 aliphatic carbocycles. The van der Waals surface area contributed by atoms with Crippen molar-refractivity contribution in [2.45, 2.75) is 13.3 Å². The second-order valence-corrected chi connectivity index (χ2v) is 2.22. The van der Waals surface area contributed by atoms with Gasteiger partial charge in [0.2, 0.25) is 0 Å². The minimum atomic E-state index is 0.